The Bertz CT molecular complexity index is 517. The van der Waals surface area contributed by atoms with Crippen LogP contribution in [0.3, 0.4) is 0 Å². The summed E-state index contributed by atoms with van der Waals surface area (Å²) in [6.07, 6.45) is 8.05. The second kappa shape index (κ2) is 6.72. The van der Waals surface area contributed by atoms with E-state index in [1.807, 2.05) is 35.4 Å². The van der Waals surface area contributed by atoms with Gasteiger partial charge in [0.05, 0.1) is 6.54 Å². The third kappa shape index (κ3) is 3.82. The number of anilines is 1. The van der Waals surface area contributed by atoms with Crippen molar-refractivity contribution in [2.75, 3.05) is 18.0 Å². The van der Waals surface area contributed by atoms with Crippen LogP contribution in [-0.2, 0) is 6.54 Å². The molecule has 112 valence electrons. The van der Waals surface area contributed by atoms with E-state index in [0.717, 1.165) is 25.5 Å². The molecule has 1 saturated heterocycles. The van der Waals surface area contributed by atoms with Gasteiger partial charge in [0.2, 0.25) is 0 Å². The molecule has 1 fully saturated rings. The number of hydrogen-bond donors (Lipinski definition) is 1. The molecule has 0 radical (unpaired) electrons. The van der Waals surface area contributed by atoms with Crippen molar-refractivity contribution in [1.29, 1.82) is 0 Å². The SMILES string of the molecule is CC(Cn1cccn1)NC1CCN(c2ccccn2)CC1. The van der Waals surface area contributed by atoms with Gasteiger partial charge in [-0.25, -0.2) is 4.98 Å². The van der Waals surface area contributed by atoms with Gasteiger partial charge in [-0.15, -0.1) is 0 Å². The lowest BCUT2D eigenvalue weighted by Gasteiger charge is -2.34. The van der Waals surface area contributed by atoms with E-state index in [-0.39, 0.29) is 0 Å². The van der Waals surface area contributed by atoms with Crippen LogP contribution in [0.1, 0.15) is 19.8 Å². The first-order valence-corrected chi connectivity index (χ1v) is 7.71. The van der Waals surface area contributed by atoms with Crippen molar-refractivity contribution in [2.24, 2.45) is 0 Å². The van der Waals surface area contributed by atoms with E-state index in [4.69, 9.17) is 0 Å². The molecule has 1 aliphatic heterocycles. The molecule has 3 heterocycles. The minimum absolute atomic E-state index is 0.441. The second-order valence-electron chi connectivity index (χ2n) is 5.75. The van der Waals surface area contributed by atoms with Gasteiger partial charge in [0.25, 0.3) is 0 Å². The van der Waals surface area contributed by atoms with Crippen LogP contribution in [0.25, 0.3) is 0 Å². The Morgan fingerprint density at radius 1 is 1.24 bits per heavy atom. The zero-order valence-corrected chi connectivity index (χ0v) is 12.5. The molecule has 1 unspecified atom stereocenters. The number of piperidine rings is 1. The molecule has 2 aromatic rings. The number of hydrogen-bond acceptors (Lipinski definition) is 4. The molecule has 0 aliphatic carbocycles. The third-order valence-corrected chi connectivity index (χ3v) is 4.01. The van der Waals surface area contributed by atoms with Gasteiger partial charge in [-0.1, -0.05) is 6.07 Å². The van der Waals surface area contributed by atoms with Crippen LogP contribution >= 0.6 is 0 Å². The van der Waals surface area contributed by atoms with Crippen molar-refractivity contribution < 1.29 is 0 Å². The summed E-state index contributed by atoms with van der Waals surface area (Å²) in [6, 6.07) is 9.12. The van der Waals surface area contributed by atoms with Crippen LogP contribution in [-0.4, -0.2) is 39.9 Å². The van der Waals surface area contributed by atoms with Crippen LogP contribution in [0.4, 0.5) is 5.82 Å². The van der Waals surface area contributed by atoms with E-state index in [1.54, 1.807) is 0 Å². The van der Waals surface area contributed by atoms with Crippen LogP contribution < -0.4 is 10.2 Å². The molecule has 0 amide bonds. The second-order valence-corrected chi connectivity index (χ2v) is 5.75. The Labute approximate surface area is 126 Å². The molecule has 1 atom stereocenters. The van der Waals surface area contributed by atoms with Crippen LogP contribution in [0, 0.1) is 0 Å². The molecule has 3 rings (SSSR count). The van der Waals surface area contributed by atoms with Crippen molar-refractivity contribution in [3.05, 3.63) is 42.9 Å². The lowest BCUT2D eigenvalue weighted by Crippen LogP contribution is -2.46. The molecule has 0 saturated carbocycles. The van der Waals surface area contributed by atoms with Crippen molar-refractivity contribution in [1.82, 2.24) is 20.1 Å². The topological polar surface area (TPSA) is 46.0 Å². The van der Waals surface area contributed by atoms with Gasteiger partial charge < -0.3 is 10.2 Å². The standard InChI is InChI=1S/C16H23N5/c1-14(13-21-10-4-9-18-21)19-15-6-11-20(12-7-15)16-5-2-3-8-17-16/h2-5,8-10,14-15,19H,6-7,11-13H2,1H3. The normalized spacial score (nSPS) is 17.9. The van der Waals surface area contributed by atoms with Gasteiger partial charge in [0, 0.05) is 43.8 Å². The van der Waals surface area contributed by atoms with Gasteiger partial charge in [-0.2, -0.15) is 5.10 Å². The highest BCUT2D eigenvalue weighted by atomic mass is 15.3. The Morgan fingerprint density at radius 3 is 2.76 bits per heavy atom. The molecular formula is C16H23N5. The van der Waals surface area contributed by atoms with Crippen LogP contribution in [0.15, 0.2) is 42.9 Å². The van der Waals surface area contributed by atoms with Gasteiger partial charge in [0.1, 0.15) is 5.82 Å². The largest absolute Gasteiger partial charge is 0.357 e. The Hall–Kier alpha value is -1.88. The number of rotatable bonds is 5. The lowest BCUT2D eigenvalue weighted by atomic mass is 10.0. The molecule has 5 heteroatoms. The first-order valence-electron chi connectivity index (χ1n) is 7.71. The Morgan fingerprint density at radius 2 is 2.10 bits per heavy atom. The highest BCUT2D eigenvalue weighted by Crippen LogP contribution is 2.17. The molecule has 0 spiro atoms. The van der Waals surface area contributed by atoms with E-state index in [2.05, 4.69) is 39.4 Å². The molecule has 0 aromatic carbocycles. The summed E-state index contributed by atoms with van der Waals surface area (Å²) in [4.78, 5) is 6.80. The van der Waals surface area contributed by atoms with Gasteiger partial charge in [-0.3, -0.25) is 4.68 Å². The van der Waals surface area contributed by atoms with Crippen molar-refractivity contribution in [2.45, 2.75) is 38.4 Å². The Balaban J connectivity index is 1.45. The summed E-state index contributed by atoms with van der Waals surface area (Å²) in [5.41, 5.74) is 0. The number of aromatic nitrogens is 3. The van der Waals surface area contributed by atoms with E-state index in [1.165, 1.54) is 12.8 Å². The average molecular weight is 285 g/mol. The summed E-state index contributed by atoms with van der Waals surface area (Å²) >= 11 is 0. The molecule has 0 bridgehead atoms. The maximum absolute atomic E-state index is 4.43. The molecule has 1 N–H and O–H groups in total. The quantitative estimate of drug-likeness (QED) is 0.912. The van der Waals surface area contributed by atoms with Crippen LogP contribution in [0.2, 0.25) is 0 Å². The first kappa shape index (κ1) is 14.1. The van der Waals surface area contributed by atoms with Crippen molar-refractivity contribution in [3.63, 3.8) is 0 Å². The van der Waals surface area contributed by atoms with E-state index >= 15 is 0 Å². The fraction of sp³-hybridized carbons (Fsp3) is 0.500. The number of nitrogens with zero attached hydrogens (tertiary/aromatic N) is 4. The third-order valence-electron chi connectivity index (χ3n) is 4.01. The summed E-state index contributed by atoms with van der Waals surface area (Å²) < 4.78 is 1.99. The monoisotopic (exact) mass is 285 g/mol. The molecular weight excluding hydrogens is 262 g/mol. The highest BCUT2D eigenvalue weighted by molar-refractivity contribution is 5.38. The molecule has 21 heavy (non-hydrogen) atoms. The predicted molar refractivity (Wildman–Crippen MR) is 84.3 cm³/mol. The number of nitrogens with one attached hydrogen (secondary N) is 1. The summed E-state index contributed by atoms with van der Waals surface area (Å²) in [6.45, 7) is 5.30. The van der Waals surface area contributed by atoms with Gasteiger partial charge in [-0.05, 0) is 38.0 Å². The van der Waals surface area contributed by atoms with Crippen LogP contribution in [0.5, 0.6) is 0 Å². The average Bonchev–Trinajstić information content (AvgIpc) is 3.02. The fourth-order valence-corrected chi connectivity index (χ4v) is 2.96. The predicted octanol–water partition coefficient (Wildman–Crippen LogP) is 1.93. The Kier molecular flexibility index (Phi) is 4.50. The highest BCUT2D eigenvalue weighted by Gasteiger charge is 2.21. The fourth-order valence-electron chi connectivity index (χ4n) is 2.96. The first-order chi connectivity index (χ1) is 10.3. The zero-order chi connectivity index (χ0) is 14.5. The molecule has 5 nitrogen and oxygen atoms in total. The molecule has 2 aromatic heterocycles. The van der Waals surface area contributed by atoms with Crippen molar-refractivity contribution in [3.8, 4) is 0 Å². The maximum Gasteiger partial charge on any atom is 0.128 e. The lowest BCUT2D eigenvalue weighted by molar-refractivity contribution is 0.348. The maximum atomic E-state index is 4.43. The summed E-state index contributed by atoms with van der Waals surface area (Å²) in [5.74, 6) is 1.10. The smallest absolute Gasteiger partial charge is 0.128 e. The van der Waals surface area contributed by atoms with Gasteiger partial charge in [0.15, 0.2) is 0 Å². The summed E-state index contributed by atoms with van der Waals surface area (Å²) in [7, 11) is 0. The zero-order valence-electron chi connectivity index (χ0n) is 12.5. The van der Waals surface area contributed by atoms with Gasteiger partial charge >= 0.3 is 0 Å². The molecule has 1 aliphatic rings. The number of pyridine rings is 1. The van der Waals surface area contributed by atoms with E-state index < -0.39 is 0 Å². The minimum atomic E-state index is 0.441. The summed E-state index contributed by atoms with van der Waals surface area (Å²) in [5, 5.41) is 7.98. The minimum Gasteiger partial charge on any atom is -0.357 e. The van der Waals surface area contributed by atoms with E-state index in [9.17, 15) is 0 Å². The van der Waals surface area contributed by atoms with E-state index in [0.29, 0.717) is 12.1 Å². The van der Waals surface area contributed by atoms with Crippen molar-refractivity contribution >= 4 is 5.82 Å².